The molecule has 0 aliphatic heterocycles. The summed E-state index contributed by atoms with van der Waals surface area (Å²) < 4.78 is 0. The van der Waals surface area contributed by atoms with Crippen molar-refractivity contribution in [1.29, 1.82) is 0 Å². The molecule has 3 heteroatoms. The van der Waals surface area contributed by atoms with Gasteiger partial charge in [-0.2, -0.15) is 0 Å². The van der Waals surface area contributed by atoms with Gasteiger partial charge in [-0.05, 0) is 44.6 Å². The standard InChI is InChI=1S/C15H26N2S/c1-7-16-15(9-14(5,6)8-10(15)2)13-17-11(3)12(4)18-13/h10,16H,7-9H2,1-6H3. The lowest BCUT2D eigenvalue weighted by atomic mass is 9.86. The van der Waals surface area contributed by atoms with Crippen LogP contribution in [0.15, 0.2) is 0 Å². The van der Waals surface area contributed by atoms with Crippen LogP contribution in [0, 0.1) is 25.2 Å². The van der Waals surface area contributed by atoms with Crippen molar-refractivity contribution in [2.75, 3.05) is 6.54 Å². The number of nitrogens with zero attached hydrogens (tertiary/aromatic N) is 1. The van der Waals surface area contributed by atoms with E-state index in [0.29, 0.717) is 11.3 Å². The summed E-state index contributed by atoms with van der Waals surface area (Å²) in [5.41, 5.74) is 1.71. The van der Waals surface area contributed by atoms with Gasteiger partial charge in [-0.1, -0.05) is 27.7 Å². The van der Waals surface area contributed by atoms with E-state index >= 15 is 0 Å². The number of nitrogens with one attached hydrogen (secondary N) is 1. The minimum Gasteiger partial charge on any atom is -0.305 e. The zero-order valence-electron chi connectivity index (χ0n) is 12.6. The summed E-state index contributed by atoms with van der Waals surface area (Å²) in [4.78, 5) is 6.22. The summed E-state index contributed by atoms with van der Waals surface area (Å²) in [5, 5.41) is 5.07. The highest BCUT2D eigenvalue weighted by Gasteiger charge is 2.50. The van der Waals surface area contributed by atoms with Crippen LogP contribution in [0.3, 0.4) is 0 Å². The van der Waals surface area contributed by atoms with Crippen molar-refractivity contribution < 1.29 is 0 Å². The molecule has 1 heterocycles. The Labute approximate surface area is 115 Å². The number of aromatic nitrogens is 1. The maximum absolute atomic E-state index is 4.86. The monoisotopic (exact) mass is 266 g/mol. The summed E-state index contributed by atoms with van der Waals surface area (Å²) in [7, 11) is 0. The normalized spacial score (nSPS) is 30.9. The highest BCUT2D eigenvalue weighted by Crippen LogP contribution is 2.53. The molecule has 102 valence electrons. The van der Waals surface area contributed by atoms with E-state index in [2.05, 4.69) is 46.9 Å². The lowest BCUT2D eigenvalue weighted by Crippen LogP contribution is -2.44. The Morgan fingerprint density at radius 1 is 1.39 bits per heavy atom. The molecule has 1 aromatic heterocycles. The van der Waals surface area contributed by atoms with Crippen molar-refractivity contribution in [1.82, 2.24) is 10.3 Å². The van der Waals surface area contributed by atoms with Crippen LogP contribution in [-0.2, 0) is 5.54 Å². The van der Waals surface area contributed by atoms with Crippen LogP contribution in [0.1, 0.15) is 56.1 Å². The average molecular weight is 266 g/mol. The van der Waals surface area contributed by atoms with Crippen LogP contribution in [0.4, 0.5) is 0 Å². The number of hydrogen-bond donors (Lipinski definition) is 1. The summed E-state index contributed by atoms with van der Waals surface area (Å²) in [6.07, 6.45) is 2.47. The molecular weight excluding hydrogens is 240 g/mol. The summed E-state index contributed by atoms with van der Waals surface area (Å²) in [6, 6.07) is 0. The van der Waals surface area contributed by atoms with Crippen molar-refractivity contribution >= 4 is 11.3 Å². The number of thiazole rings is 1. The molecule has 1 N–H and O–H groups in total. The Kier molecular flexibility index (Phi) is 3.58. The summed E-state index contributed by atoms with van der Waals surface area (Å²) >= 11 is 1.88. The number of hydrogen-bond acceptors (Lipinski definition) is 3. The van der Waals surface area contributed by atoms with Gasteiger partial charge in [0, 0.05) is 4.88 Å². The van der Waals surface area contributed by atoms with Gasteiger partial charge in [0.05, 0.1) is 11.2 Å². The molecule has 1 aromatic rings. The van der Waals surface area contributed by atoms with Crippen molar-refractivity contribution in [2.45, 2.75) is 59.9 Å². The molecule has 0 aromatic carbocycles. The molecule has 0 saturated heterocycles. The highest BCUT2D eigenvalue weighted by atomic mass is 32.1. The van der Waals surface area contributed by atoms with Crippen LogP contribution in [0.25, 0.3) is 0 Å². The Hall–Kier alpha value is -0.410. The molecule has 0 amide bonds. The van der Waals surface area contributed by atoms with Crippen LogP contribution in [0.2, 0.25) is 0 Å². The predicted molar refractivity (Wildman–Crippen MR) is 79.1 cm³/mol. The first kappa shape index (κ1) is 14.0. The second kappa shape index (κ2) is 4.61. The zero-order valence-corrected chi connectivity index (χ0v) is 13.4. The molecule has 2 unspecified atom stereocenters. The van der Waals surface area contributed by atoms with Gasteiger partial charge < -0.3 is 5.32 Å². The van der Waals surface area contributed by atoms with Crippen molar-refractivity contribution in [3.8, 4) is 0 Å². The van der Waals surface area contributed by atoms with Gasteiger partial charge in [0.15, 0.2) is 0 Å². The zero-order chi connectivity index (χ0) is 13.6. The maximum atomic E-state index is 4.86. The number of aryl methyl sites for hydroxylation is 2. The third-order valence-corrected chi connectivity index (χ3v) is 5.61. The molecule has 0 spiro atoms. The highest BCUT2D eigenvalue weighted by molar-refractivity contribution is 7.11. The Bertz CT molecular complexity index is 416. The Morgan fingerprint density at radius 3 is 2.44 bits per heavy atom. The van der Waals surface area contributed by atoms with E-state index in [1.807, 2.05) is 11.3 Å². The molecule has 0 bridgehead atoms. The summed E-state index contributed by atoms with van der Waals surface area (Å²) in [5.74, 6) is 0.650. The van der Waals surface area contributed by atoms with Crippen LogP contribution in [-0.4, -0.2) is 11.5 Å². The van der Waals surface area contributed by atoms with E-state index < -0.39 is 0 Å². The van der Waals surface area contributed by atoms with Gasteiger partial charge in [0.2, 0.25) is 0 Å². The fourth-order valence-corrected chi connectivity index (χ4v) is 4.78. The van der Waals surface area contributed by atoms with E-state index in [0.717, 1.165) is 6.54 Å². The second-order valence-corrected chi connectivity index (χ2v) is 7.81. The fraction of sp³-hybridized carbons (Fsp3) is 0.800. The van der Waals surface area contributed by atoms with Gasteiger partial charge in [-0.25, -0.2) is 4.98 Å². The summed E-state index contributed by atoms with van der Waals surface area (Å²) in [6.45, 7) is 14.7. The van der Waals surface area contributed by atoms with Crippen LogP contribution >= 0.6 is 11.3 Å². The van der Waals surface area contributed by atoms with E-state index in [1.165, 1.54) is 28.4 Å². The lowest BCUT2D eigenvalue weighted by Gasteiger charge is -2.33. The molecule has 1 aliphatic carbocycles. The molecule has 1 fully saturated rings. The van der Waals surface area contributed by atoms with E-state index in [1.54, 1.807) is 0 Å². The third-order valence-electron chi connectivity index (χ3n) is 4.36. The van der Waals surface area contributed by atoms with Gasteiger partial charge in [0.25, 0.3) is 0 Å². The fourth-order valence-electron chi connectivity index (χ4n) is 3.58. The molecule has 1 aliphatic rings. The lowest BCUT2D eigenvalue weighted by molar-refractivity contribution is 0.256. The van der Waals surface area contributed by atoms with E-state index in [9.17, 15) is 0 Å². The van der Waals surface area contributed by atoms with Crippen LogP contribution < -0.4 is 5.32 Å². The molecular formula is C15H26N2S. The Morgan fingerprint density at radius 2 is 2.06 bits per heavy atom. The van der Waals surface area contributed by atoms with Crippen molar-refractivity contribution in [3.05, 3.63) is 15.6 Å². The molecule has 18 heavy (non-hydrogen) atoms. The minimum absolute atomic E-state index is 0.0991. The third kappa shape index (κ3) is 2.23. The Balaban J connectivity index is 2.44. The molecule has 1 saturated carbocycles. The predicted octanol–water partition coefficient (Wildman–Crippen LogP) is 4.02. The van der Waals surface area contributed by atoms with E-state index in [-0.39, 0.29) is 5.54 Å². The van der Waals surface area contributed by atoms with E-state index in [4.69, 9.17) is 4.98 Å². The van der Waals surface area contributed by atoms with Crippen LogP contribution in [0.5, 0.6) is 0 Å². The molecule has 2 nitrogen and oxygen atoms in total. The van der Waals surface area contributed by atoms with Crippen molar-refractivity contribution in [2.24, 2.45) is 11.3 Å². The molecule has 2 rings (SSSR count). The van der Waals surface area contributed by atoms with Gasteiger partial charge in [-0.3, -0.25) is 0 Å². The quantitative estimate of drug-likeness (QED) is 0.893. The largest absolute Gasteiger partial charge is 0.305 e. The SMILES string of the molecule is CCNC1(c2nc(C)c(C)s2)CC(C)(C)CC1C. The number of rotatable bonds is 3. The van der Waals surface area contributed by atoms with Gasteiger partial charge >= 0.3 is 0 Å². The van der Waals surface area contributed by atoms with Gasteiger partial charge in [0.1, 0.15) is 5.01 Å². The molecule has 0 radical (unpaired) electrons. The van der Waals surface area contributed by atoms with Gasteiger partial charge in [-0.15, -0.1) is 11.3 Å². The topological polar surface area (TPSA) is 24.9 Å². The second-order valence-electron chi connectivity index (χ2n) is 6.61. The minimum atomic E-state index is 0.0991. The average Bonchev–Trinajstić information content (AvgIpc) is 2.68. The first-order chi connectivity index (χ1) is 8.31. The smallest absolute Gasteiger partial charge is 0.114 e. The molecule has 2 atom stereocenters. The van der Waals surface area contributed by atoms with Crippen molar-refractivity contribution in [3.63, 3.8) is 0 Å². The first-order valence-corrected chi connectivity index (χ1v) is 7.82. The first-order valence-electron chi connectivity index (χ1n) is 7.00. The maximum Gasteiger partial charge on any atom is 0.114 e.